The first-order valence-electron chi connectivity index (χ1n) is 4.13. The minimum Gasteiger partial charge on any atom is -0.447 e. The highest BCUT2D eigenvalue weighted by molar-refractivity contribution is 5.69. The molecule has 0 aliphatic carbocycles. The molecule has 12 heavy (non-hydrogen) atoms. The predicted octanol–water partition coefficient (Wildman–Crippen LogP) is -0.616. The first-order valence-corrected chi connectivity index (χ1v) is 4.13. The number of hydrogen-bond acceptors (Lipinski definition) is 4. The number of carbonyl (C=O) groups excluding carboxylic acids is 1. The standard InChI is InChI=1S/C7H12N2O3/c10-7-9(2-4-12-7)6-5-8-1-3-11-6/h6,8H,1-5H2. The van der Waals surface area contributed by atoms with Crippen molar-refractivity contribution in [3.63, 3.8) is 0 Å². The Kier molecular flexibility index (Phi) is 2.14. The van der Waals surface area contributed by atoms with E-state index in [-0.39, 0.29) is 12.3 Å². The number of ether oxygens (including phenoxy) is 2. The number of nitrogens with zero attached hydrogens (tertiary/aromatic N) is 1. The topological polar surface area (TPSA) is 50.8 Å². The fraction of sp³-hybridized carbons (Fsp3) is 0.857. The fourth-order valence-corrected chi connectivity index (χ4v) is 1.42. The average Bonchev–Trinajstić information content (AvgIpc) is 2.53. The van der Waals surface area contributed by atoms with E-state index in [4.69, 9.17) is 9.47 Å². The van der Waals surface area contributed by atoms with Crippen molar-refractivity contribution < 1.29 is 14.3 Å². The number of carbonyl (C=O) groups is 1. The monoisotopic (exact) mass is 172 g/mol. The largest absolute Gasteiger partial charge is 0.447 e. The van der Waals surface area contributed by atoms with Gasteiger partial charge in [-0.2, -0.15) is 0 Å². The van der Waals surface area contributed by atoms with Gasteiger partial charge in [0.25, 0.3) is 0 Å². The number of morpholine rings is 1. The highest BCUT2D eigenvalue weighted by Gasteiger charge is 2.31. The maximum atomic E-state index is 11.1. The van der Waals surface area contributed by atoms with Gasteiger partial charge in [0.1, 0.15) is 12.8 Å². The SMILES string of the molecule is O=C1OCCN1C1CNCCO1. The van der Waals surface area contributed by atoms with Crippen LogP contribution in [0.15, 0.2) is 0 Å². The summed E-state index contributed by atoms with van der Waals surface area (Å²) in [6.45, 7) is 3.35. The van der Waals surface area contributed by atoms with Crippen molar-refractivity contribution in [1.82, 2.24) is 10.2 Å². The van der Waals surface area contributed by atoms with Crippen molar-refractivity contribution in [3.8, 4) is 0 Å². The second-order valence-electron chi connectivity index (χ2n) is 2.84. The lowest BCUT2D eigenvalue weighted by atomic mass is 10.4. The zero-order chi connectivity index (χ0) is 8.39. The van der Waals surface area contributed by atoms with Crippen LogP contribution in [0.4, 0.5) is 4.79 Å². The summed E-state index contributed by atoms with van der Waals surface area (Å²) in [7, 11) is 0. The van der Waals surface area contributed by atoms with Crippen LogP contribution in [0.25, 0.3) is 0 Å². The molecule has 1 N–H and O–H groups in total. The maximum Gasteiger partial charge on any atom is 0.412 e. The van der Waals surface area contributed by atoms with Crippen LogP contribution < -0.4 is 5.32 Å². The van der Waals surface area contributed by atoms with Crippen LogP contribution in [0, 0.1) is 0 Å². The minimum absolute atomic E-state index is 0.131. The molecule has 5 heteroatoms. The number of amides is 1. The van der Waals surface area contributed by atoms with E-state index in [0.29, 0.717) is 26.3 Å². The highest BCUT2D eigenvalue weighted by atomic mass is 16.6. The van der Waals surface area contributed by atoms with Crippen LogP contribution in [0.2, 0.25) is 0 Å². The quantitative estimate of drug-likeness (QED) is 0.573. The van der Waals surface area contributed by atoms with E-state index in [0.717, 1.165) is 6.54 Å². The molecule has 0 bridgehead atoms. The van der Waals surface area contributed by atoms with Crippen LogP contribution >= 0.6 is 0 Å². The molecular formula is C7H12N2O3. The lowest BCUT2D eigenvalue weighted by Crippen LogP contribution is -2.49. The smallest absolute Gasteiger partial charge is 0.412 e. The van der Waals surface area contributed by atoms with Crippen molar-refractivity contribution in [2.75, 3.05) is 32.8 Å². The van der Waals surface area contributed by atoms with Gasteiger partial charge in [0.15, 0.2) is 0 Å². The summed E-state index contributed by atoms with van der Waals surface area (Å²) in [5.41, 5.74) is 0. The Morgan fingerprint density at radius 2 is 2.42 bits per heavy atom. The molecular weight excluding hydrogens is 160 g/mol. The lowest BCUT2D eigenvalue weighted by Gasteiger charge is -2.29. The zero-order valence-corrected chi connectivity index (χ0v) is 6.78. The fourth-order valence-electron chi connectivity index (χ4n) is 1.42. The Labute approximate surface area is 70.6 Å². The normalized spacial score (nSPS) is 30.5. The number of nitrogens with one attached hydrogen (secondary N) is 1. The minimum atomic E-state index is -0.260. The zero-order valence-electron chi connectivity index (χ0n) is 6.78. The van der Waals surface area contributed by atoms with Gasteiger partial charge in [-0.05, 0) is 0 Å². The summed E-state index contributed by atoms with van der Waals surface area (Å²) in [5.74, 6) is 0. The number of hydrogen-bond donors (Lipinski definition) is 1. The third-order valence-corrected chi connectivity index (χ3v) is 2.05. The van der Waals surface area contributed by atoms with Gasteiger partial charge in [-0.1, -0.05) is 0 Å². The van der Waals surface area contributed by atoms with E-state index in [1.165, 1.54) is 0 Å². The van der Waals surface area contributed by atoms with Crippen LogP contribution in [0.1, 0.15) is 0 Å². The van der Waals surface area contributed by atoms with Crippen molar-refractivity contribution in [2.45, 2.75) is 6.23 Å². The second-order valence-corrected chi connectivity index (χ2v) is 2.84. The van der Waals surface area contributed by atoms with Gasteiger partial charge in [0.2, 0.25) is 0 Å². The van der Waals surface area contributed by atoms with E-state index < -0.39 is 0 Å². The average molecular weight is 172 g/mol. The van der Waals surface area contributed by atoms with Crippen molar-refractivity contribution in [1.29, 1.82) is 0 Å². The first kappa shape index (κ1) is 7.82. The van der Waals surface area contributed by atoms with E-state index in [1.54, 1.807) is 4.90 Å². The van der Waals surface area contributed by atoms with Gasteiger partial charge in [-0.25, -0.2) is 4.79 Å². The van der Waals surface area contributed by atoms with Crippen LogP contribution in [0.3, 0.4) is 0 Å². The summed E-state index contributed by atoms with van der Waals surface area (Å²) in [6, 6.07) is 0. The van der Waals surface area contributed by atoms with Crippen molar-refractivity contribution >= 4 is 6.09 Å². The van der Waals surface area contributed by atoms with E-state index in [1.807, 2.05) is 0 Å². The van der Waals surface area contributed by atoms with Gasteiger partial charge < -0.3 is 14.8 Å². The van der Waals surface area contributed by atoms with Gasteiger partial charge in [-0.15, -0.1) is 0 Å². The van der Waals surface area contributed by atoms with E-state index in [2.05, 4.69) is 5.32 Å². The summed E-state index contributed by atoms with van der Waals surface area (Å²) in [6.07, 6.45) is -0.391. The van der Waals surface area contributed by atoms with Gasteiger partial charge in [0.05, 0.1) is 13.2 Å². The molecule has 1 atom stereocenters. The summed E-state index contributed by atoms with van der Waals surface area (Å²) in [4.78, 5) is 12.7. The van der Waals surface area contributed by atoms with Gasteiger partial charge in [-0.3, -0.25) is 4.90 Å². The summed E-state index contributed by atoms with van der Waals surface area (Å²) in [5, 5.41) is 3.16. The molecule has 0 radical (unpaired) electrons. The molecule has 0 aromatic heterocycles. The van der Waals surface area contributed by atoms with Gasteiger partial charge in [0, 0.05) is 13.1 Å². The molecule has 1 unspecified atom stereocenters. The number of rotatable bonds is 1. The highest BCUT2D eigenvalue weighted by Crippen LogP contribution is 2.10. The molecule has 2 heterocycles. The van der Waals surface area contributed by atoms with Crippen LogP contribution in [-0.2, 0) is 9.47 Å². The van der Waals surface area contributed by atoms with Crippen molar-refractivity contribution in [2.24, 2.45) is 0 Å². The molecule has 0 saturated carbocycles. The number of cyclic esters (lactones) is 1. The molecule has 68 valence electrons. The Morgan fingerprint density at radius 3 is 3.00 bits per heavy atom. The molecule has 0 aromatic rings. The summed E-state index contributed by atoms with van der Waals surface area (Å²) < 4.78 is 10.2. The molecule has 2 aliphatic heterocycles. The first-order chi connectivity index (χ1) is 5.88. The molecule has 2 saturated heterocycles. The molecule has 0 spiro atoms. The predicted molar refractivity (Wildman–Crippen MR) is 40.7 cm³/mol. The molecule has 5 nitrogen and oxygen atoms in total. The van der Waals surface area contributed by atoms with Gasteiger partial charge >= 0.3 is 6.09 Å². The Morgan fingerprint density at radius 1 is 1.50 bits per heavy atom. The molecule has 2 rings (SSSR count). The molecule has 0 aromatic carbocycles. The van der Waals surface area contributed by atoms with Crippen LogP contribution in [-0.4, -0.2) is 50.1 Å². The summed E-state index contributed by atoms with van der Waals surface area (Å²) >= 11 is 0. The third-order valence-electron chi connectivity index (χ3n) is 2.05. The van der Waals surface area contributed by atoms with E-state index in [9.17, 15) is 4.79 Å². The van der Waals surface area contributed by atoms with E-state index >= 15 is 0 Å². The Bertz CT molecular complexity index is 179. The lowest BCUT2D eigenvalue weighted by molar-refractivity contribution is -0.0496. The Balaban J connectivity index is 1.93. The second kappa shape index (κ2) is 3.28. The maximum absolute atomic E-state index is 11.1. The third kappa shape index (κ3) is 1.37. The van der Waals surface area contributed by atoms with Crippen molar-refractivity contribution in [3.05, 3.63) is 0 Å². The van der Waals surface area contributed by atoms with Crippen LogP contribution in [0.5, 0.6) is 0 Å². The Hall–Kier alpha value is -0.810. The molecule has 1 amide bonds. The molecule has 2 fully saturated rings. The molecule has 2 aliphatic rings.